The highest BCUT2D eigenvalue weighted by atomic mass is 16.2. The molecule has 0 aliphatic heterocycles. The van der Waals surface area contributed by atoms with Crippen LogP contribution in [-0.4, -0.2) is 33.8 Å². The number of hydrogen-bond donors (Lipinski definition) is 2. The maximum atomic E-state index is 11.7. The average Bonchev–Trinajstić information content (AvgIpc) is 2.85. The molecule has 2 rings (SSSR count). The van der Waals surface area contributed by atoms with Crippen molar-refractivity contribution in [2.45, 2.75) is 13.0 Å². The predicted molar refractivity (Wildman–Crippen MR) is 73.6 cm³/mol. The van der Waals surface area contributed by atoms with Crippen LogP contribution >= 0.6 is 0 Å². The first-order valence-corrected chi connectivity index (χ1v) is 6.04. The zero-order valence-corrected chi connectivity index (χ0v) is 11.2. The van der Waals surface area contributed by atoms with E-state index in [0.717, 1.165) is 17.1 Å². The summed E-state index contributed by atoms with van der Waals surface area (Å²) in [6.07, 6.45) is 1.65. The van der Waals surface area contributed by atoms with Crippen LogP contribution < -0.4 is 10.6 Å². The fraction of sp³-hybridized carbons (Fsp3) is 0.308. The summed E-state index contributed by atoms with van der Waals surface area (Å²) in [6, 6.07) is 7.29. The monoisotopic (exact) mass is 259 g/mol. The number of likely N-dealkylation sites (N-methyl/N-ethyl adjacent to an activating group) is 1. The molecule has 6 heteroatoms. The second-order valence-electron chi connectivity index (χ2n) is 4.34. The van der Waals surface area contributed by atoms with Crippen molar-refractivity contribution in [3.63, 3.8) is 0 Å². The quantitative estimate of drug-likeness (QED) is 0.860. The van der Waals surface area contributed by atoms with Crippen molar-refractivity contribution in [2.75, 3.05) is 12.4 Å². The number of anilines is 1. The summed E-state index contributed by atoms with van der Waals surface area (Å²) in [5.74, 6) is 0.732. The summed E-state index contributed by atoms with van der Waals surface area (Å²) in [5, 5.41) is 13.6. The maximum Gasteiger partial charge on any atom is 0.241 e. The first-order valence-electron chi connectivity index (χ1n) is 6.04. The molecule has 0 fully saturated rings. The molecule has 1 aromatic carbocycles. The third kappa shape index (κ3) is 2.97. The summed E-state index contributed by atoms with van der Waals surface area (Å²) in [5.41, 5.74) is 1.72. The highest BCUT2D eigenvalue weighted by Crippen LogP contribution is 2.18. The molecule has 100 valence electrons. The van der Waals surface area contributed by atoms with Crippen LogP contribution in [0.15, 0.2) is 30.6 Å². The molecule has 2 aromatic rings. The third-order valence-electron chi connectivity index (χ3n) is 2.95. The van der Waals surface area contributed by atoms with Crippen LogP contribution in [0.2, 0.25) is 0 Å². The molecule has 1 aromatic heterocycles. The van der Waals surface area contributed by atoms with Gasteiger partial charge in [-0.2, -0.15) is 0 Å². The van der Waals surface area contributed by atoms with Crippen LogP contribution in [0.4, 0.5) is 5.69 Å². The lowest BCUT2D eigenvalue weighted by Crippen LogP contribution is -2.35. The number of rotatable bonds is 4. The zero-order valence-electron chi connectivity index (χ0n) is 11.2. The molecule has 0 aliphatic carbocycles. The molecular weight excluding hydrogens is 242 g/mol. The third-order valence-corrected chi connectivity index (χ3v) is 2.95. The number of hydrogen-bond acceptors (Lipinski definition) is 4. The Labute approximate surface area is 111 Å². The Morgan fingerprint density at radius 2 is 2.00 bits per heavy atom. The minimum Gasteiger partial charge on any atom is -0.325 e. The number of carbonyl (C=O) groups excluding carboxylic acids is 1. The van der Waals surface area contributed by atoms with Gasteiger partial charge in [-0.1, -0.05) is 0 Å². The van der Waals surface area contributed by atoms with Gasteiger partial charge in [0.05, 0.1) is 6.04 Å². The summed E-state index contributed by atoms with van der Waals surface area (Å²) >= 11 is 0. The van der Waals surface area contributed by atoms with Gasteiger partial charge in [0.1, 0.15) is 6.33 Å². The largest absolute Gasteiger partial charge is 0.325 e. The smallest absolute Gasteiger partial charge is 0.241 e. The highest BCUT2D eigenvalue weighted by molar-refractivity contribution is 5.94. The Balaban J connectivity index is 2.11. The Morgan fingerprint density at radius 1 is 1.32 bits per heavy atom. The van der Waals surface area contributed by atoms with E-state index in [1.165, 1.54) is 0 Å². The van der Waals surface area contributed by atoms with E-state index in [0.29, 0.717) is 0 Å². The van der Waals surface area contributed by atoms with Gasteiger partial charge in [-0.25, -0.2) is 0 Å². The molecule has 0 bridgehead atoms. The molecule has 1 amide bonds. The van der Waals surface area contributed by atoms with Crippen LogP contribution in [0.5, 0.6) is 0 Å². The lowest BCUT2D eigenvalue weighted by Gasteiger charge is -2.11. The van der Waals surface area contributed by atoms with E-state index in [4.69, 9.17) is 0 Å². The Bertz CT molecular complexity index is 561. The van der Waals surface area contributed by atoms with Gasteiger partial charge in [0.15, 0.2) is 5.82 Å². The minimum absolute atomic E-state index is 0.0612. The van der Waals surface area contributed by atoms with Crippen LogP contribution in [0, 0.1) is 0 Å². The fourth-order valence-electron chi connectivity index (χ4n) is 1.63. The van der Waals surface area contributed by atoms with E-state index in [9.17, 15) is 4.79 Å². The van der Waals surface area contributed by atoms with Gasteiger partial charge in [-0.15, -0.1) is 10.2 Å². The predicted octanol–water partition coefficient (Wildman–Crippen LogP) is 1.03. The highest BCUT2D eigenvalue weighted by Gasteiger charge is 2.10. The molecule has 0 radical (unpaired) electrons. The summed E-state index contributed by atoms with van der Waals surface area (Å²) < 4.78 is 1.84. The molecule has 1 unspecified atom stereocenters. The zero-order chi connectivity index (χ0) is 13.8. The van der Waals surface area contributed by atoms with Gasteiger partial charge in [0, 0.05) is 18.3 Å². The topological polar surface area (TPSA) is 71.8 Å². The molecule has 1 atom stereocenters. The average molecular weight is 259 g/mol. The van der Waals surface area contributed by atoms with Gasteiger partial charge in [0.25, 0.3) is 0 Å². The number of aryl methyl sites for hydroxylation is 1. The van der Waals surface area contributed by atoms with Gasteiger partial charge in [0.2, 0.25) is 5.91 Å². The number of amides is 1. The van der Waals surface area contributed by atoms with Crippen molar-refractivity contribution in [1.82, 2.24) is 20.1 Å². The van der Waals surface area contributed by atoms with E-state index >= 15 is 0 Å². The molecule has 0 saturated carbocycles. The van der Waals surface area contributed by atoms with Crippen molar-refractivity contribution in [1.29, 1.82) is 0 Å². The minimum atomic E-state index is -0.224. The van der Waals surface area contributed by atoms with Crippen molar-refractivity contribution in [3.8, 4) is 11.4 Å². The number of nitrogens with zero attached hydrogens (tertiary/aromatic N) is 3. The second-order valence-corrected chi connectivity index (χ2v) is 4.34. The molecule has 0 spiro atoms. The number of benzene rings is 1. The summed E-state index contributed by atoms with van der Waals surface area (Å²) in [7, 11) is 3.64. The normalized spacial score (nSPS) is 12.2. The van der Waals surface area contributed by atoms with E-state index < -0.39 is 0 Å². The molecule has 2 N–H and O–H groups in total. The molecule has 0 aliphatic rings. The fourth-order valence-corrected chi connectivity index (χ4v) is 1.63. The Morgan fingerprint density at radius 3 is 2.53 bits per heavy atom. The van der Waals surface area contributed by atoms with Gasteiger partial charge in [-0.3, -0.25) is 4.79 Å². The van der Waals surface area contributed by atoms with Crippen molar-refractivity contribution in [2.24, 2.45) is 7.05 Å². The van der Waals surface area contributed by atoms with Crippen molar-refractivity contribution in [3.05, 3.63) is 30.6 Å². The molecule has 0 saturated heterocycles. The second kappa shape index (κ2) is 5.62. The Hall–Kier alpha value is -2.21. The summed E-state index contributed by atoms with van der Waals surface area (Å²) in [4.78, 5) is 11.7. The summed E-state index contributed by atoms with van der Waals surface area (Å²) in [6.45, 7) is 1.81. The van der Waals surface area contributed by atoms with Gasteiger partial charge >= 0.3 is 0 Å². The van der Waals surface area contributed by atoms with Crippen molar-refractivity contribution < 1.29 is 4.79 Å². The van der Waals surface area contributed by atoms with Crippen LogP contribution in [0.1, 0.15) is 6.92 Å². The van der Waals surface area contributed by atoms with E-state index in [2.05, 4.69) is 20.8 Å². The maximum absolute atomic E-state index is 11.7. The number of aromatic nitrogens is 3. The first-order chi connectivity index (χ1) is 9.11. The molecule has 19 heavy (non-hydrogen) atoms. The lowest BCUT2D eigenvalue weighted by molar-refractivity contribution is -0.117. The SMILES string of the molecule is CNC(C)C(=O)Nc1ccc(-c2nncn2C)cc1. The van der Waals surface area contributed by atoms with Crippen LogP contribution in [0.25, 0.3) is 11.4 Å². The molecular formula is C13H17N5O. The van der Waals surface area contributed by atoms with Crippen LogP contribution in [-0.2, 0) is 11.8 Å². The van der Waals surface area contributed by atoms with E-state index in [1.807, 2.05) is 42.8 Å². The van der Waals surface area contributed by atoms with Crippen LogP contribution in [0.3, 0.4) is 0 Å². The molecule has 6 nitrogen and oxygen atoms in total. The molecule has 1 heterocycles. The lowest BCUT2D eigenvalue weighted by atomic mass is 10.2. The number of nitrogens with one attached hydrogen (secondary N) is 2. The van der Waals surface area contributed by atoms with Crippen molar-refractivity contribution >= 4 is 11.6 Å². The first kappa shape index (κ1) is 13.2. The number of carbonyl (C=O) groups is 1. The van der Waals surface area contributed by atoms with Gasteiger partial charge < -0.3 is 15.2 Å². The standard InChI is InChI=1S/C13H17N5O/c1-9(14-2)13(19)16-11-6-4-10(5-7-11)12-17-15-8-18(12)3/h4-9,14H,1-3H3,(H,16,19). The Kier molecular flexibility index (Phi) is 3.91. The van der Waals surface area contributed by atoms with E-state index in [-0.39, 0.29) is 11.9 Å². The van der Waals surface area contributed by atoms with Gasteiger partial charge in [-0.05, 0) is 38.2 Å². The van der Waals surface area contributed by atoms with E-state index in [1.54, 1.807) is 13.4 Å².